The fourth-order valence-corrected chi connectivity index (χ4v) is 4.97. The average Bonchev–Trinajstić information content (AvgIpc) is 3.34. The van der Waals surface area contributed by atoms with Gasteiger partial charge in [0.15, 0.2) is 11.5 Å². The van der Waals surface area contributed by atoms with E-state index in [-0.39, 0.29) is 25.0 Å². The minimum Gasteiger partial charge on any atom is -0.493 e. The van der Waals surface area contributed by atoms with Crippen molar-refractivity contribution in [3.05, 3.63) is 88.1 Å². The summed E-state index contributed by atoms with van der Waals surface area (Å²) in [5.41, 5.74) is 2.86. The van der Waals surface area contributed by atoms with Gasteiger partial charge in [0.1, 0.15) is 6.54 Å². The summed E-state index contributed by atoms with van der Waals surface area (Å²) in [5, 5.41) is 2.92. The van der Waals surface area contributed by atoms with Gasteiger partial charge in [-0.25, -0.2) is 4.79 Å². The highest BCUT2D eigenvalue weighted by Gasteiger charge is 2.22. The van der Waals surface area contributed by atoms with Gasteiger partial charge < -0.3 is 24.6 Å². The maximum Gasteiger partial charge on any atom is 0.322 e. The van der Waals surface area contributed by atoms with E-state index in [2.05, 4.69) is 24.9 Å². The van der Waals surface area contributed by atoms with E-state index in [1.54, 1.807) is 31.6 Å². The Labute approximate surface area is 229 Å². The van der Waals surface area contributed by atoms with Crippen LogP contribution in [0.1, 0.15) is 27.8 Å². The van der Waals surface area contributed by atoms with E-state index >= 15 is 0 Å². The number of anilines is 1. The van der Waals surface area contributed by atoms with Gasteiger partial charge in [-0.05, 0) is 67.3 Å². The lowest BCUT2D eigenvalue weighted by molar-refractivity contribution is -0.132. The van der Waals surface area contributed by atoms with Crippen LogP contribution in [0.5, 0.6) is 11.5 Å². The van der Waals surface area contributed by atoms with Crippen molar-refractivity contribution < 1.29 is 19.1 Å². The molecule has 7 nitrogen and oxygen atoms in total. The van der Waals surface area contributed by atoms with E-state index in [1.165, 1.54) is 9.78 Å². The first-order valence-electron chi connectivity index (χ1n) is 12.7. The summed E-state index contributed by atoms with van der Waals surface area (Å²) < 4.78 is 10.8. The van der Waals surface area contributed by atoms with Crippen LogP contribution in [0.2, 0.25) is 0 Å². The molecule has 0 bridgehead atoms. The van der Waals surface area contributed by atoms with Crippen molar-refractivity contribution in [2.24, 2.45) is 0 Å². The normalized spacial score (nSPS) is 10.5. The molecule has 0 saturated heterocycles. The van der Waals surface area contributed by atoms with Crippen LogP contribution in [0.4, 0.5) is 10.5 Å². The minimum absolute atomic E-state index is 0.0540. The molecule has 0 aliphatic heterocycles. The lowest BCUT2D eigenvalue weighted by atomic mass is 10.1. The Morgan fingerprint density at radius 3 is 2.45 bits per heavy atom. The lowest BCUT2D eigenvalue weighted by Crippen LogP contribution is -2.44. The molecule has 202 valence electrons. The molecule has 0 unspecified atom stereocenters. The van der Waals surface area contributed by atoms with Crippen molar-refractivity contribution in [2.45, 2.75) is 33.2 Å². The molecule has 38 heavy (non-hydrogen) atoms. The van der Waals surface area contributed by atoms with Crippen LogP contribution in [0.25, 0.3) is 0 Å². The summed E-state index contributed by atoms with van der Waals surface area (Å²) in [5.74, 6) is 1.18. The van der Waals surface area contributed by atoms with Crippen LogP contribution in [-0.4, -0.2) is 55.6 Å². The number of carbonyl (C=O) groups is 2. The largest absolute Gasteiger partial charge is 0.493 e. The number of amides is 3. The maximum absolute atomic E-state index is 13.6. The van der Waals surface area contributed by atoms with Gasteiger partial charge in [-0.2, -0.15) is 0 Å². The molecule has 0 fully saturated rings. The first-order valence-corrected chi connectivity index (χ1v) is 13.5. The van der Waals surface area contributed by atoms with Gasteiger partial charge >= 0.3 is 6.03 Å². The zero-order valence-corrected chi connectivity index (χ0v) is 23.5. The number of thiophene rings is 1. The highest BCUT2D eigenvalue weighted by atomic mass is 32.1. The number of methoxy groups -OCH3 is 2. The van der Waals surface area contributed by atoms with Gasteiger partial charge in [-0.15, -0.1) is 17.9 Å². The number of benzene rings is 2. The molecular weight excluding hydrogens is 498 g/mol. The van der Waals surface area contributed by atoms with Crippen molar-refractivity contribution in [1.29, 1.82) is 0 Å². The van der Waals surface area contributed by atoms with Crippen LogP contribution in [-0.2, 0) is 24.2 Å². The Morgan fingerprint density at radius 2 is 1.79 bits per heavy atom. The molecule has 8 heteroatoms. The second kappa shape index (κ2) is 14.2. The van der Waals surface area contributed by atoms with Crippen molar-refractivity contribution >= 4 is 29.0 Å². The van der Waals surface area contributed by atoms with Gasteiger partial charge in [-0.1, -0.05) is 31.2 Å². The summed E-state index contributed by atoms with van der Waals surface area (Å²) in [7, 11) is 3.21. The van der Waals surface area contributed by atoms with E-state index in [0.717, 1.165) is 22.4 Å². The number of hydrogen-bond donors (Lipinski definition) is 1. The predicted molar refractivity (Wildman–Crippen MR) is 154 cm³/mol. The van der Waals surface area contributed by atoms with E-state index in [1.807, 2.05) is 60.4 Å². The molecule has 3 rings (SSSR count). The number of nitrogens with zero attached hydrogens (tertiary/aromatic N) is 2. The van der Waals surface area contributed by atoms with E-state index < -0.39 is 0 Å². The van der Waals surface area contributed by atoms with E-state index in [9.17, 15) is 9.59 Å². The zero-order valence-electron chi connectivity index (χ0n) is 22.7. The molecular formula is C30H37N3O4S. The molecule has 0 aliphatic carbocycles. The first-order chi connectivity index (χ1) is 18.4. The predicted octanol–water partition coefficient (Wildman–Crippen LogP) is 5.93. The molecule has 0 aliphatic rings. The smallest absolute Gasteiger partial charge is 0.322 e. The number of ether oxygens (including phenoxy) is 2. The van der Waals surface area contributed by atoms with Crippen LogP contribution in [0.3, 0.4) is 0 Å². The molecule has 2 aromatic carbocycles. The third kappa shape index (κ3) is 8.11. The minimum atomic E-state index is -0.335. The van der Waals surface area contributed by atoms with Gasteiger partial charge in [0, 0.05) is 28.5 Å². The van der Waals surface area contributed by atoms with Gasteiger partial charge in [0.05, 0.1) is 20.8 Å². The standard InChI is InChI=1S/C30H37N3O4S/c1-6-16-33(30(35)31-25-10-8-9-23(7-2)18-25)21-29(34)32(20-26-13-11-22(3)38-26)17-15-24-12-14-27(36-4)28(19-24)37-5/h6,8-14,18-19H,1,7,15-17,20-21H2,2-5H3,(H,31,35). The van der Waals surface area contributed by atoms with Crippen molar-refractivity contribution in [1.82, 2.24) is 9.80 Å². The topological polar surface area (TPSA) is 71.1 Å². The highest BCUT2D eigenvalue weighted by molar-refractivity contribution is 7.11. The Bertz CT molecular complexity index is 1240. The van der Waals surface area contributed by atoms with Crippen LogP contribution < -0.4 is 14.8 Å². The van der Waals surface area contributed by atoms with Crippen LogP contribution in [0.15, 0.2) is 67.3 Å². The molecule has 3 aromatic rings. The third-order valence-electron chi connectivity index (χ3n) is 6.16. The molecule has 1 aromatic heterocycles. The fraction of sp³-hybridized carbons (Fsp3) is 0.333. The number of nitrogens with one attached hydrogen (secondary N) is 1. The summed E-state index contributed by atoms with van der Waals surface area (Å²) in [6.45, 7) is 9.07. The van der Waals surface area contributed by atoms with Gasteiger partial charge in [0.25, 0.3) is 0 Å². The molecule has 0 saturated carbocycles. The lowest BCUT2D eigenvalue weighted by Gasteiger charge is -2.27. The highest BCUT2D eigenvalue weighted by Crippen LogP contribution is 2.28. The van der Waals surface area contributed by atoms with Gasteiger partial charge in [-0.3, -0.25) is 4.79 Å². The summed E-state index contributed by atoms with van der Waals surface area (Å²) >= 11 is 1.67. The Morgan fingerprint density at radius 1 is 1.00 bits per heavy atom. The van der Waals surface area contributed by atoms with Crippen LogP contribution >= 0.6 is 11.3 Å². The first kappa shape index (κ1) is 28.8. The average molecular weight is 536 g/mol. The molecule has 0 atom stereocenters. The van der Waals surface area contributed by atoms with E-state index in [0.29, 0.717) is 36.7 Å². The van der Waals surface area contributed by atoms with Crippen molar-refractivity contribution in [2.75, 3.05) is 39.2 Å². The fourth-order valence-electron chi connectivity index (χ4n) is 4.06. The van der Waals surface area contributed by atoms with Crippen molar-refractivity contribution in [3.8, 4) is 11.5 Å². The van der Waals surface area contributed by atoms with E-state index in [4.69, 9.17) is 9.47 Å². The summed E-state index contributed by atoms with van der Waals surface area (Å²) in [6.07, 6.45) is 3.13. The molecule has 0 radical (unpaired) electrons. The number of hydrogen-bond acceptors (Lipinski definition) is 5. The zero-order chi connectivity index (χ0) is 27.5. The monoisotopic (exact) mass is 535 g/mol. The number of aryl methyl sites for hydroxylation is 2. The SMILES string of the molecule is C=CCN(CC(=O)N(CCc1ccc(OC)c(OC)c1)Cc1ccc(C)s1)C(=O)Nc1cccc(CC)c1. The Hall–Kier alpha value is -3.78. The maximum atomic E-state index is 13.6. The molecule has 1 heterocycles. The molecule has 1 N–H and O–H groups in total. The number of rotatable bonds is 13. The number of urea groups is 1. The summed E-state index contributed by atoms with van der Waals surface area (Å²) in [6, 6.07) is 17.3. The third-order valence-corrected chi connectivity index (χ3v) is 7.15. The van der Waals surface area contributed by atoms with Gasteiger partial charge in [0.2, 0.25) is 5.91 Å². The second-order valence-electron chi connectivity index (χ2n) is 8.92. The number of carbonyl (C=O) groups excluding carboxylic acids is 2. The quantitative estimate of drug-likeness (QED) is 0.276. The second-order valence-corrected chi connectivity index (χ2v) is 10.3. The Balaban J connectivity index is 1.74. The molecule has 3 amide bonds. The summed E-state index contributed by atoms with van der Waals surface area (Å²) in [4.78, 5) is 32.3. The Kier molecular flexibility index (Phi) is 10.8. The van der Waals surface area contributed by atoms with Crippen molar-refractivity contribution in [3.63, 3.8) is 0 Å². The molecule has 0 spiro atoms. The van der Waals surface area contributed by atoms with Crippen LogP contribution in [0, 0.1) is 6.92 Å².